The van der Waals surface area contributed by atoms with Gasteiger partial charge in [0.25, 0.3) is 0 Å². The van der Waals surface area contributed by atoms with Gasteiger partial charge in [-0.25, -0.2) is 4.98 Å². The molecule has 0 aliphatic carbocycles. The number of thiophene rings is 1. The van der Waals surface area contributed by atoms with Crippen LogP contribution in [0.2, 0.25) is 0 Å². The number of aromatic nitrogens is 3. The summed E-state index contributed by atoms with van der Waals surface area (Å²) in [5, 5.41) is 15.9. The molecule has 1 unspecified atom stereocenters. The zero-order chi connectivity index (χ0) is 10.8. The second-order valence-corrected chi connectivity index (χ2v) is 6.01. The first-order valence-corrected chi connectivity index (χ1v) is 6.37. The maximum atomic E-state index is 9.95. The minimum Gasteiger partial charge on any atom is -0.388 e. The number of aryl methyl sites for hydroxylation is 1. The monoisotopic (exact) mass is 335 g/mol. The third kappa shape index (κ3) is 2.56. The van der Waals surface area contributed by atoms with E-state index in [1.807, 2.05) is 18.5 Å². The minimum absolute atomic E-state index is 0.493. The summed E-state index contributed by atoms with van der Waals surface area (Å²) in [6, 6.07) is 1.99. The lowest BCUT2D eigenvalue weighted by atomic mass is 10.1. The first-order chi connectivity index (χ1) is 7.16. The quantitative estimate of drug-likeness (QED) is 0.870. The van der Waals surface area contributed by atoms with E-state index in [9.17, 15) is 5.11 Å². The fourth-order valence-electron chi connectivity index (χ4n) is 1.29. The zero-order valence-electron chi connectivity index (χ0n) is 8.09. The van der Waals surface area contributed by atoms with Crippen molar-refractivity contribution in [2.45, 2.75) is 12.5 Å². The molecule has 6 heteroatoms. The van der Waals surface area contributed by atoms with Gasteiger partial charge in [0.2, 0.25) is 0 Å². The van der Waals surface area contributed by atoms with E-state index in [1.54, 1.807) is 16.0 Å². The highest BCUT2D eigenvalue weighted by atomic mass is 127. The molecule has 0 radical (unpaired) electrons. The van der Waals surface area contributed by atoms with E-state index in [4.69, 9.17) is 0 Å². The highest BCUT2D eigenvalue weighted by Gasteiger charge is 2.13. The van der Waals surface area contributed by atoms with Gasteiger partial charge in [-0.3, -0.25) is 4.68 Å². The third-order valence-corrected chi connectivity index (χ3v) is 3.96. The molecule has 2 aromatic rings. The predicted octanol–water partition coefficient (Wildman–Crippen LogP) is 1.76. The number of aliphatic hydroxyl groups excluding tert-OH is 1. The molecule has 2 rings (SSSR count). The van der Waals surface area contributed by atoms with Gasteiger partial charge >= 0.3 is 0 Å². The van der Waals surface area contributed by atoms with Crippen molar-refractivity contribution in [3.05, 3.63) is 32.0 Å². The van der Waals surface area contributed by atoms with Crippen LogP contribution in [-0.4, -0.2) is 19.9 Å². The van der Waals surface area contributed by atoms with Crippen molar-refractivity contribution in [3.8, 4) is 0 Å². The molecule has 80 valence electrons. The van der Waals surface area contributed by atoms with Crippen molar-refractivity contribution in [2.24, 2.45) is 7.05 Å². The smallest absolute Gasteiger partial charge is 0.138 e. The van der Waals surface area contributed by atoms with E-state index in [0.29, 0.717) is 6.42 Å². The highest BCUT2D eigenvalue weighted by Crippen LogP contribution is 2.24. The van der Waals surface area contributed by atoms with Crippen LogP contribution in [0.3, 0.4) is 0 Å². The third-order valence-electron chi connectivity index (χ3n) is 2.15. The molecule has 0 fully saturated rings. The number of aliphatic hydroxyl groups is 1. The second kappa shape index (κ2) is 4.58. The molecule has 15 heavy (non-hydrogen) atoms. The number of rotatable bonds is 3. The van der Waals surface area contributed by atoms with Gasteiger partial charge in [-0.2, -0.15) is 5.10 Å². The summed E-state index contributed by atoms with van der Waals surface area (Å²) >= 11 is 3.88. The van der Waals surface area contributed by atoms with Gasteiger partial charge in [0.05, 0.1) is 8.99 Å². The summed E-state index contributed by atoms with van der Waals surface area (Å²) in [5.41, 5.74) is 0.951. The van der Waals surface area contributed by atoms with Crippen LogP contribution in [0, 0.1) is 2.88 Å². The molecule has 1 atom stereocenters. The minimum atomic E-state index is -0.493. The fourth-order valence-corrected chi connectivity index (χ4v) is 2.71. The molecule has 0 aliphatic rings. The number of nitrogens with zero attached hydrogens (tertiary/aromatic N) is 3. The average molecular weight is 335 g/mol. The van der Waals surface area contributed by atoms with Crippen molar-refractivity contribution in [1.29, 1.82) is 0 Å². The number of hydrogen-bond acceptors (Lipinski definition) is 4. The van der Waals surface area contributed by atoms with E-state index in [-0.39, 0.29) is 0 Å². The Morgan fingerprint density at radius 1 is 1.67 bits per heavy atom. The summed E-state index contributed by atoms with van der Waals surface area (Å²) < 4.78 is 2.86. The van der Waals surface area contributed by atoms with Crippen LogP contribution < -0.4 is 0 Å². The molecule has 2 aromatic heterocycles. The van der Waals surface area contributed by atoms with Gasteiger partial charge in [0.1, 0.15) is 12.2 Å². The van der Waals surface area contributed by atoms with E-state index in [2.05, 4.69) is 32.7 Å². The van der Waals surface area contributed by atoms with Crippen LogP contribution in [0.5, 0.6) is 0 Å². The summed E-state index contributed by atoms with van der Waals surface area (Å²) in [6.45, 7) is 0. The molecule has 0 aromatic carbocycles. The van der Waals surface area contributed by atoms with Gasteiger partial charge in [-0.05, 0) is 39.6 Å². The van der Waals surface area contributed by atoms with E-state index < -0.39 is 6.10 Å². The largest absolute Gasteiger partial charge is 0.388 e. The van der Waals surface area contributed by atoms with Crippen LogP contribution in [0.15, 0.2) is 17.8 Å². The summed E-state index contributed by atoms with van der Waals surface area (Å²) in [4.78, 5) is 4.08. The molecule has 0 bridgehead atoms. The lowest BCUT2D eigenvalue weighted by molar-refractivity contribution is 0.175. The lowest BCUT2D eigenvalue weighted by Crippen LogP contribution is -2.06. The van der Waals surface area contributed by atoms with Crippen molar-refractivity contribution < 1.29 is 5.11 Å². The van der Waals surface area contributed by atoms with Crippen LogP contribution in [0.1, 0.15) is 17.5 Å². The van der Waals surface area contributed by atoms with E-state index in [1.165, 1.54) is 9.21 Å². The standard InChI is InChI=1S/C9H10IN3OS/c1-13-9(11-5-12-13)3-7(14)6-2-8(10)15-4-6/h2,4-5,7,14H,3H2,1H3. The molecular formula is C9H10IN3OS. The Balaban J connectivity index is 2.10. The topological polar surface area (TPSA) is 50.9 Å². The average Bonchev–Trinajstić information content (AvgIpc) is 2.77. The SMILES string of the molecule is Cn1ncnc1CC(O)c1csc(I)c1. The summed E-state index contributed by atoms with van der Waals surface area (Å²) in [7, 11) is 1.83. The first kappa shape index (κ1) is 11.0. The van der Waals surface area contributed by atoms with Crippen molar-refractivity contribution >= 4 is 33.9 Å². The van der Waals surface area contributed by atoms with E-state index >= 15 is 0 Å². The zero-order valence-corrected chi connectivity index (χ0v) is 11.1. The van der Waals surface area contributed by atoms with Gasteiger partial charge in [0.15, 0.2) is 0 Å². The van der Waals surface area contributed by atoms with Crippen molar-refractivity contribution in [1.82, 2.24) is 14.8 Å². The van der Waals surface area contributed by atoms with Crippen molar-refractivity contribution in [2.75, 3.05) is 0 Å². The number of hydrogen-bond donors (Lipinski definition) is 1. The lowest BCUT2D eigenvalue weighted by Gasteiger charge is -2.07. The molecule has 0 saturated carbocycles. The first-order valence-electron chi connectivity index (χ1n) is 4.41. The summed E-state index contributed by atoms with van der Waals surface area (Å²) in [5.74, 6) is 0.795. The highest BCUT2D eigenvalue weighted by molar-refractivity contribution is 14.1. The van der Waals surface area contributed by atoms with Crippen LogP contribution >= 0.6 is 33.9 Å². The van der Waals surface area contributed by atoms with Gasteiger partial charge in [0, 0.05) is 13.5 Å². The Labute approximate surface area is 105 Å². The Morgan fingerprint density at radius 2 is 2.47 bits per heavy atom. The maximum absolute atomic E-state index is 9.95. The molecule has 0 saturated heterocycles. The Bertz CT molecular complexity index is 454. The van der Waals surface area contributed by atoms with Crippen LogP contribution in [0.25, 0.3) is 0 Å². The molecule has 1 N–H and O–H groups in total. The molecular weight excluding hydrogens is 325 g/mol. The predicted molar refractivity (Wildman–Crippen MR) is 66.7 cm³/mol. The van der Waals surface area contributed by atoms with Crippen molar-refractivity contribution in [3.63, 3.8) is 0 Å². The molecule has 2 heterocycles. The Kier molecular flexibility index (Phi) is 3.37. The summed E-state index contributed by atoms with van der Waals surface area (Å²) in [6.07, 6.45) is 1.51. The van der Waals surface area contributed by atoms with Gasteiger partial charge < -0.3 is 5.11 Å². The van der Waals surface area contributed by atoms with Gasteiger partial charge in [-0.15, -0.1) is 11.3 Å². The molecule has 4 nitrogen and oxygen atoms in total. The Morgan fingerprint density at radius 3 is 3.00 bits per heavy atom. The molecule has 0 amide bonds. The Hall–Kier alpha value is -0.470. The number of halogens is 1. The maximum Gasteiger partial charge on any atom is 0.138 e. The van der Waals surface area contributed by atoms with Crippen LogP contribution in [0.4, 0.5) is 0 Å². The second-order valence-electron chi connectivity index (χ2n) is 3.20. The van der Waals surface area contributed by atoms with Crippen LogP contribution in [-0.2, 0) is 13.5 Å². The molecule has 0 aliphatic heterocycles. The van der Waals surface area contributed by atoms with Gasteiger partial charge in [-0.1, -0.05) is 0 Å². The molecule has 0 spiro atoms. The normalized spacial score (nSPS) is 13.0. The van der Waals surface area contributed by atoms with E-state index in [0.717, 1.165) is 11.4 Å². The fraction of sp³-hybridized carbons (Fsp3) is 0.333.